The summed E-state index contributed by atoms with van der Waals surface area (Å²) in [7, 11) is 0. The standard InChI is InChI=1S/C51H84N12O17S3/c1-8-25(6)39(62-46(74)35(19-65)59-50(78)40(26(7)66)63-48(76)37(22-83)60-41(69)29(52)20-81)49(77)61-36(21-82)47(75)58-34(18-64)45(73)55-31(15-23(2)3)43(71)56-32(17-27-9-11-28(67)12-10-27)44(72)54-30(13-14-38(53)68)42(70)57-33(51(79)80)16-24(4)5/h9-12,23-26,29-37,39-40,64-67,81-83H,8,13-22,52H2,1-7H3,(H2,53,68)(H,54,72)(H,55,73)(H,56,71)(H,57,70)(H,58,75)(H,59,78)(H,60,69)(H,61,77)(H,62,74)(H,63,76)(H,79,80)/t25-,26+,29-,30-,31-,32-,33-,34-,35-,36-,37-,39-,40-/m0/s1. The number of carbonyl (C=O) groups is 12. The van der Waals surface area contributed by atoms with Gasteiger partial charge in [0.25, 0.3) is 0 Å². The zero-order chi connectivity index (χ0) is 63.4. The van der Waals surface area contributed by atoms with E-state index in [1.807, 2.05) is 0 Å². The largest absolute Gasteiger partial charge is 0.508 e. The van der Waals surface area contributed by atoms with Crippen molar-refractivity contribution >= 4 is 109 Å². The van der Waals surface area contributed by atoms with Crippen molar-refractivity contribution in [3.05, 3.63) is 29.8 Å². The molecule has 11 amide bonds. The van der Waals surface area contributed by atoms with Gasteiger partial charge < -0.3 is 90.2 Å². The van der Waals surface area contributed by atoms with E-state index in [1.165, 1.54) is 24.3 Å². The molecule has 19 N–H and O–H groups in total. The van der Waals surface area contributed by atoms with Crippen LogP contribution in [0.15, 0.2) is 24.3 Å². The molecule has 0 fully saturated rings. The van der Waals surface area contributed by atoms with Crippen LogP contribution in [-0.4, -0.2) is 200 Å². The third-order valence-electron chi connectivity index (χ3n) is 12.6. The van der Waals surface area contributed by atoms with Crippen LogP contribution in [0.3, 0.4) is 0 Å². The van der Waals surface area contributed by atoms with Gasteiger partial charge in [0.2, 0.25) is 65.0 Å². The van der Waals surface area contributed by atoms with Gasteiger partial charge >= 0.3 is 5.97 Å². The number of nitrogens with two attached hydrogens (primary N) is 2. The Balaban J connectivity index is 3.39. The Hall–Kier alpha value is -6.45. The van der Waals surface area contributed by atoms with Crippen molar-refractivity contribution in [2.24, 2.45) is 29.2 Å². The summed E-state index contributed by atoms with van der Waals surface area (Å²) in [5, 5.41) is 74.4. The number of benzene rings is 1. The van der Waals surface area contributed by atoms with Crippen molar-refractivity contribution in [3.8, 4) is 5.75 Å². The second-order valence-electron chi connectivity index (χ2n) is 20.6. The van der Waals surface area contributed by atoms with Crippen molar-refractivity contribution in [3.63, 3.8) is 0 Å². The molecule has 0 saturated carbocycles. The molecule has 1 rings (SSSR count). The minimum Gasteiger partial charge on any atom is -0.508 e. The Kier molecular flexibility index (Phi) is 33.9. The normalized spacial score (nSPS) is 16.0. The fourth-order valence-electron chi connectivity index (χ4n) is 7.67. The molecular formula is C51H84N12O17S3. The van der Waals surface area contributed by atoms with Crippen molar-refractivity contribution in [1.29, 1.82) is 0 Å². The molecule has 0 heterocycles. The van der Waals surface area contributed by atoms with E-state index in [0.717, 1.165) is 6.92 Å². The first kappa shape index (κ1) is 74.6. The molecule has 0 radical (unpaired) electrons. The van der Waals surface area contributed by atoms with E-state index in [9.17, 15) is 83.1 Å². The smallest absolute Gasteiger partial charge is 0.326 e. The lowest BCUT2D eigenvalue weighted by molar-refractivity contribution is -0.143. The molecule has 0 bridgehead atoms. The maximum atomic E-state index is 14.2. The van der Waals surface area contributed by atoms with E-state index < -0.39 is 175 Å². The molecule has 468 valence electrons. The number of carbonyl (C=O) groups excluding carboxylic acids is 11. The van der Waals surface area contributed by atoms with Crippen LogP contribution in [0, 0.1) is 17.8 Å². The molecule has 1 aromatic carbocycles. The zero-order valence-electron chi connectivity index (χ0n) is 47.4. The number of hydrogen-bond donors (Lipinski definition) is 20. The molecule has 29 nitrogen and oxygen atoms in total. The number of aliphatic hydroxyl groups excluding tert-OH is 3. The summed E-state index contributed by atoms with van der Waals surface area (Å²) in [5.74, 6) is -14.3. The number of carboxylic acids is 1. The maximum Gasteiger partial charge on any atom is 0.326 e. The van der Waals surface area contributed by atoms with Crippen molar-refractivity contribution in [1.82, 2.24) is 53.2 Å². The topological polar surface area (TPSA) is 478 Å². The molecule has 0 spiro atoms. The van der Waals surface area contributed by atoms with Crippen LogP contribution >= 0.6 is 37.9 Å². The monoisotopic (exact) mass is 1230 g/mol. The van der Waals surface area contributed by atoms with Crippen molar-refractivity contribution in [2.75, 3.05) is 30.5 Å². The van der Waals surface area contributed by atoms with Gasteiger partial charge in [-0.25, -0.2) is 4.79 Å². The highest BCUT2D eigenvalue weighted by Gasteiger charge is 2.38. The molecular weight excluding hydrogens is 1150 g/mol. The third kappa shape index (κ3) is 26.3. The first-order valence-electron chi connectivity index (χ1n) is 26.7. The molecule has 0 saturated heterocycles. The molecule has 13 atom stereocenters. The number of nitrogens with one attached hydrogen (secondary N) is 10. The molecule has 0 aliphatic heterocycles. The number of hydrogen-bond acceptors (Lipinski definition) is 20. The molecule has 0 aromatic heterocycles. The highest BCUT2D eigenvalue weighted by molar-refractivity contribution is 7.80. The molecule has 1 aromatic rings. The summed E-state index contributed by atoms with van der Waals surface area (Å²) in [6.45, 7) is 9.10. The van der Waals surface area contributed by atoms with Crippen LogP contribution < -0.4 is 64.6 Å². The average molecular weight is 1230 g/mol. The zero-order valence-corrected chi connectivity index (χ0v) is 50.1. The first-order chi connectivity index (χ1) is 38.9. The summed E-state index contributed by atoms with van der Waals surface area (Å²) in [6, 6.07) is -11.2. The van der Waals surface area contributed by atoms with Gasteiger partial charge in [0.15, 0.2) is 0 Å². The van der Waals surface area contributed by atoms with Crippen molar-refractivity contribution < 1.29 is 83.1 Å². The number of amides is 11. The van der Waals surface area contributed by atoms with Gasteiger partial charge in [-0.2, -0.15) is 37.9 Å². The third-order valence-corrected chi connectivity index (χ3v) is 13.8. The second kappa shape index (κ2) is 37.7. The lowest BCUT2D eigenvalue weighted by atomic mass is 9.97. The fraction of sp³-hybridized carbons (Fsp3) is 0.647. The SMILES string of the molecule is CC[C@H](C)[C@H](NC(=O)[C@H](CO)NC(=O)[C@@H](NC(=O)[C@H](CS)NC(=O)[C@@H](N)CS)[C@@H](C)O)C(=O)N[C@@H](CS)C(=O)N[C@@H](CO)C(=O)N[C@@H](CC(C)C)C(=O)N[C@@H](Cc1ccc(O)cc1)C(=O)N[C@@H](CCC(N)=O)C(=O)N[C@@H](CC(C)C)C(=O)O. The van der Waals surface area contributed by atoms with Gasteiger partial charge in [-0.05, 0) is 61.6 Å². The van der Waals surface area contributed by atoms with E-state index in [0.29, 0.717) is 5.56 Å². The van der Waals surface area contributed by atoms with E-state index in [-0.39, 0.29) is 61.2 Å². The Morgan fingerprint density at radius 1 is 0.494 bits per heavy atom. The van der Waals surface area contributed by atoms with Crippen LogP contribution in [0.25, 0.3) is 0 Å². The number of primary amides is 1. The van der Waals surface area contributed by atoms with Gasteiger partial charge in [-0.3, -0.25) is 52.7 Å². The predicted octanol–water partition coefficient (Wildman–Crippen LogP) is -5.25. The minimum absolute atomic E-state index is 0.0195. The summed E-state index contributed by atoms with van der Waals surface area (Å²) in [4.78, 5) is 159. The van der Waals surface area contributed by atoms with Crippen LogP contribution in [0.5, 0.6) is 5.75 Å². The van der Waals surface area contributed by atoms with Crippen LogP contribution in [0.1, 0.15) is 86.1 Å². The minimum atomic E-state index is -1.79. The molecule has 32 heteroatoms. The van der Waals surface area contributed by atoms with Crippen molar-refractivity contribution in [2.45, 2.75) is 160 Å². The molecule has 0 aliphatic carbocycles. The Labute approximate surface area is 497 Å². The number of phenols is 1. The molecule has 0 unspecified atom stereocenters. The number of rotatable bonds is 38. The fourth-order valence-corrected chi connectivity index (χ4v) is 8.35. The van der Waals surface area contributed by atoms with Gasteiger partial charge in [-0.1, -0.05) is 60.1 Å². The first-order valence-corrected chi connectivity index (χ1v) is 28.6. The number of phenolic OH excluding ortho intramolecular Hbond substituents is 1. The number of aliphatic carboxylic acids is 1. The molecule has 0 aliphatic rings. The number of aliphatic hydroxyl groups is 3. The second-order valence-corrected chi connectivity index (χ2v) is 21.7. The quantitative estimate of drug-likeness (QED) is 0.0275. The summed E-state index contributed by atoms with van der Waals surface area (Å²) < 4.78 is 0. The highest BCUT2D eigenvalue weighted by Crippen LogP contribution is 2.15. The summed E-state index contributed by atoms with van der Waals surface area (Å²) >= 11 is 12.2. The van der Waals surface area contributed by atoms with Crippen LogP contribution in [0.4, 0.5) is 0 Å². The summed E-state index contributed by atoms with van der Waals surface area (Å²) in [6.07, 6.45) is -2.47. The van der Waals surface area contributed by atoms with Gasteiger partial charge in [0, 0.05) is 30.1 Å². The number of thiol groups is 3. The summed E-state index contributed by atoms with van der Waals surface area (Å²) in [5.41, 5.74) is 11.4. The van der Waals surface area contributed by atoms with E-state index >= 15 is 0 Å². The average Bonchev–Trinajstić information content (AvgIpc) is 3.43. The van der Waals surface area contributed by atoms with Crippen LogP contribution in [0.2, 0.25) is 0 Å². The van der Waals surface area contributed by atoms with Crippen LogP contribution in [-0.2, 0) is 64.0 Å². The van der Waals surface area contributed by atoms with E-state index in [1.54, 1.807) is 41.5 Å². The lowest BCUT2D eigenvalue weighted by Crippen LogP contribution is -2.63. The molecule has 83 heavy (non-hydrogen) atoms. The van der Waals surface area contributed by atoms with Gasteiger partial charge in [0.1, 0.15) is 66.2 Å². The van der Waals surface area contributed by atoms with Gasteiger partial charge in [-0.15, -0.1) is 0 Å². The number of aromatic hydroxyl groups is 1. The lowest BCUT2D eigenvalue weighted by Gasteiger charge is -2.29. The number of carboxylic acid groups (broad SMARTS) is 1. The Morgan fingerprint density at radius 2 is 0.867 bits per heavy atom. The highest BCUT2D eigenvalue weighted by atomic mass is 32.1. The maximum absolute atomic E-state index is 14.2. The van der Waals surface area contributed by atoms with Gasteiger partial charge in [0.05, 0.1) is 25.4 Å². The van der Waals surface area contributed by atoms with E-state index in [2.05, 4.69) is 91.1 Å². The van der Waals surface area contributed by atoms with E-state index in [4.69, 9.17) is 11.5 Å². The predicted molar refractivity (Wildman–Crippen MR) is 311 cm³/mol. The Bertz CT molecular complexity index is 2370. The Morgan fingerprint density at radius 3 is 1.34 bits per heavy atom.